The molecule has 4 nitrogen and oxygen atoms in total. The number of benzene rings is 3. The zero-order valence-corrected chi connectivity index (χ0v) is 16.8. The van der Waals surface area contributed by atoms with Gasteiger partial charge >= 0.3 is 0 Å². The Balaban J connectivity index is 1.77. The molecule has 0 saturated carbocycles. The lowest BCUT2D eigenvalue weighted by Crippen LogP contribution is -2.34. The molecule has 3 aromatic rings. The number of hydrogen-bond acceptors (Lipinski definition) is 4. The summed E-state index contributed by atoms with van der Waals surface area (Å²) in [6.45, 7) is 1.60. The van der Waals surface area contributed by atoms with Gasteiger partial charge in [0.1, 0.15) is 23.5 Å². The number of rotatable bonds is 8. The second kappa shape index (κ2) is 11.1. The van der Waals surface area contributed by atoms with Crippen molar-refractivity contribution in [2.75, 3.05) is 13.1 Å². The fourth-order valence-electron chi connectivity index (χ4n) is 3.18. The van der Waals surface area contributed by atoms with Crippen molar-refractivity contribution in [3.8, 4) is 12.1 Å². The molecule has 0 spiro atoms. The number of nitrogens with one attached hydrogen (secondary N) is 2. The lowest BCUT2D eigenvalue weighted by Gasteiger charge is -2.14. The molecule has 3 rings (SSSR count). The van der Waals surface area contributed by atoms with Crippen LogP contribution >= 0.6 is 0 Å². The minimum atomic E-state index is 0.122. The highest BCUT2D eigenvalue weighted by Crippen LogP contribution is 2.00. The monoisotopic (exact) mass is 392 g/mol. The Kier molecular flexibility index (Phi) is 7.66. The first-order chi connectivity index (χ1) is 14.8. The minimum Gasteiger partial charge on any atom is -0.371 e. The summed E-state index contributed by atoms with van der Waals surface area (Å²) in [7, 11) is 0. The molecular weight excluding hydrogens is 368 g/mol. The average molecular weight is 393 g/mol. The topological polar surface area (TPSA) is 71.6 Å². The summed E-state index contributed by atoms with van der Waals surface area (Å²) < 4.78 is 0. The molecule has 3 aromatic carbocycles. The summed E-state index contributed by atoms with van der Waals surface area (Å²) in [6, 6.07) is 32.1. The van der Waals surface area contributed by atoms with Crippen LogP contribution in [0.25, 0.3) is 11.4 Å². The molecule has 4 heteroatoms. The Morgan fingerprint density at radius 1 is 0.600 bits per heavy atom. The van der Waals surface area contributed by atoms with Gasteiger partial charge in [-0.15, -0.1) is 0 Å². The first-order valence-corrected chi connectivity index (χ1v) is 10.0. The van der Waals surface area contributed by atoms with Crippen LogP contribution in [0.5, 0.6) is 0 Å². The van der Waals surface area contributed by atoms with Crippen molar-refractivity contribution in [2.24, 2.45) is 0 Å². The fourth-order valence-corrected chi connectivity index (χ4v) is 3.18. The van der Waals surface area contributed by atoms with Gasteiger partial charge in [-0.1, -0.05) is 84.9 Å². The van der Waals surface area contributed by atoms with Gasteiger partial charge in [-0.2, -0.15) is 10.5 Å². The quantitative estimate of drug-likeness (QED) is 0.618. The largest absolute Gasteiger partial charge is 0.371 e. The third kappa shape index (κ3) is 5.99. The van der Waals surface area contributed by atoms with E-state index in [1.807, 2.05) is 48.5 Å². The third-order valence-electron chi connectivity index (χ3n) is 4.80. The van der Waals surface area contributed by atoms with Crippen LogP contribution in [0, 0.1) is 22.7 Å². The molecule has 0 fully saturated rings. The Morgan fingerprint density at radius 3 is 1.47 bits per heavy atom. The number of hydrogen-bond donors (Lipinski definition) is 2. The normalized spacial score (nSPS) is 9.80. The highest BCUT2D eigenvalue weighted by atomic mass is 15.1. The van der Waals surface area contributed by atoms with Gasteiger partial charge < -0.3 is 10.6 Å². The Hall–Kier alpha value is -4.02. The second-order valence-corrected chi connectivity index (χ2v) is 6.88. The SMILES string of the molecule is N#CC(C#N)=c1ccc(=C(NCCc2ccccc2)NCCc2ccccc2)cc1. The van der Waals surface area contributed by atoms with Gasteiger partial charge in [0.15, 0.2) is 0 Å². The van der Waals surface area contributed by atoms with Gasteiger partial charge in [0.2, 0.25) is 0 Å². The molecule has 0 unspecified atom stereocenters. The van der Waals surface area contributed by atoms with E-state index in [-0.39, 0.29) is 5.57 Å². The van der Waals surface area contributed by atoms with Gasteiger partial charge in [-0.3, -0.25) is 0 Å². The summed E-state index contributed by atoms with van der Waals surface area (Å²) in [5.74, 6) is 0.948. The van der Waals surface area contributed by atoms with Crippen LogP contribution in [0.1, 0.15) is 11.1 Å². The molecule has 0 saturated heterocycles. The van der Waals surface area contributed by atoms with Gasteiger partial charge in [0.05, 0.1) is 0 Å². The zero-order valence-electron chi connectivity index (χ0n) is 16.8. The molecule has 0 aliphatic heterocycles. The Labute approximate surface area is 177 Å². The van der Waals surface area contributed by atoms with Crippen molar-refractivity contribution in [2.45, 2.75) is 12.8 Å². The maximum Gasteiger partial charge on any atom is 0.136 e. The molecule has 0 aliphatic carbocycles. The van der Waals surface area contributed by atoms with Gasteiger partial charge in [-0.05, 0) is 24.0 Å². The van der Waals surface area contributed by atoms with Crippen molar-refractivity contribution >= 4 is 11.4 Å². The van der Waals surface area contributed by atoms with Crippen molar-refractivity contribution in [3.05, 3.63) is 106 Å². The van der Waals surface area contributed by atoms with E-state index in [9.17, 15) is 0 Å². The standard InChI is InChI=1S/C26H24N4/c27-19-25(20-28)23-11-13-24(14-12-23)26(29-17-15-21-7-3-1-4-8-21)30-18-16-22-9-5-2-6-10-22/h1-14,29-30H,15-18H2. The first-order valence-electron chi connectivity index (χ1n) is 10.0. The second-order valence-electron chi connectivity index (χ2n) is 6.88. The van der Waals surface area contributed by atoms with Crippen LogP contribution in [-0.2, 0) is 12.8 Å². The molecule has 0 atom stereocenters. The summed E-state index contributed by atoms with van der Waals surface area (Å²) in [5.41, 5.74) is 2.69. The highest BCUT2D eigenvalue weighted by molar-refractivity contribution is 5.72. The van der Waals surface area contributed by atoms with Gasteiger partial charge in [-0.25, -0.2) is 0 Å². The lowest BCUT2D eigenvalue weighted by atomic mass is 10.1. The van der Waals surface area contributed by atoms with E-state index in [1.165, 1.54) is 11.1 Å². The molecule has 0 radical (unpaired) electrons. The Bertz CT molecular complexity index is 1070. The summed E-state index contributed by atoms with van der Waals surface area (Å²) in [4.78, 5) is 0. The average Bonchev–Trinajstić information content (AvgIpc) is 2.81. The Morgan fingerprint density at radius 2 is 1.03 bits per heavy atom. The molecule has 0 aromatic heterocycles. The van der Waals surface area contributed by atoms with Crippen molar-refractivity contribution in [1.29, 1.82) is 10.5 Å². The van der Waals surface area contributed by atoms with E-state index in [1.54, 1.807) is 0 Å². The molecule has 30 heavy (non-hydrogen) atoms. The zero-order chi connectivity index (χ0) is 21.0. The fraction of sp³-hybridized carbons (Fsp3) is 0.154. The predicted molar refractivity (Wildman–Crippen MR) is 120 cm³/mol. The van der Waals surface area contributed by atoms with E-state index in [0.29, 0.717) is 5.22 Å². The molecule has 0 aliphatic rings. The predicted octanol–water partition coefficient (Wildman–Crippen LogP) is 2.61. The van der Waals surface area contributed by atoms with E-state index in [0.717, 1.165) is 37.0 Å². The van der Waals surface area contributed by atoms with Crippen LogP contribution in [0.2, 0.25) is 0 Å². The third-order valence-corrected chi connectivity index (χ3v) is 4.80. The van der Waals surface area contributed by atoms with Crippen LogP contribution in [0.3, 0.4) is 0 Å². The van der Waals surface area contributed by atoms with Gasteiger partial charge in [0.25, 0.3) is 0 Å². The minimum absolute atomic E-state index is 0.122. The lowest BCUT2D eigenvalue weighted by molar-refractivity contribution is 0.748. The number of nitriles is 2. The highest BCUT2D eigenvalue weighted by Gasteiger charge is 2.01. The number of nitrogens with zero attached hydrogens (tertiary/aromatic N) is 2. The molecule has 2 N–H and O–H groups in total. The van der Waals surface area contributed by atoms with E-state index >= 15 is 0 Å². The van der Waals surface area contributed by atoms with Crippen molar-refractivity contribution in [3.63, 3.8) is 0 Å². The van der Waals surface area contributed by atoms with Gasteiger partial charge in [0, 0.05) is 23.5 Å². The van der Waals surface area contributed by atoms with E-state index < -0.39 is 0 Å². The van der Waals surface area contributed by atoms with Crippen molar-refractivity contribution in [1.82, 2.24) is 10.6 Å². The van der Waals surface area contributed by atoms with Crippen molar-refractivity contribution < 1.29 is 0 Å². The summed E-state index contributed by atoms with van der Waals surface area (Å²) >= 11 is 0. The maximum atomic E-state index is 9.07. The molecule has 0 bridgehead atoms. The van der Waals surface area contributed by atoms with E-state index in [4.69, 9.17) is 10.5 Å². The molecular formula is C26H24N4. The van der Waals surface area contributed by atoms with Crippen LogP contribution in [-0.4, -0.2) is 13.1 Å². The molecule has 148 valence electrons. The first kappa shape index (κ1) is 20.7. The van der Waals surface area contributed by atoms with E-state index in [2.05, 4.69) is 59.2 Å². The molecule has 0 heterocycles. The smallest absolute Gasteiger partial charge is 0.136 e. The summed E-state index contributed by atoms with van der Waals surface area (Å²) in [5, 5.41) is 26.8. The van der Waals surface area contributed by atoms with Crippen LogP contribution in [0.4, 0.5) is 0 Å². The van der Waals surface area contributed by atoms with Crippen LogP contribution < -0.4 is 21.1 Å². The van der Waals surface area contributed by atoms with Crippen LogP contribution in [0.15, 0.2) is 84.9 Å². The maximum absolute atomic E-state index is 9.07. The summed E-state index contributed by atoms with van der Waals surface area (Å²) in [6.07, 6.45) is 1.84. The molecule has 0 amide bonds.